The number of hydrogen-bond acceptors (Lipinski definition) is 3. The van der Waals surface area contributed by atoms with Crippen molar-refractivity contribution < 1.29 is 23.0 Å². The first-order chi connectivity index (χ1) is 9.58. The second-order valence-electron chi connectivity index (χ2n) is 6.50. The van der Waals surface area contributed by atoms with Crippen molar-refractivity contribution in [2.45, 2.75) is 50.4 Å². The summed E-state index contributed by atoms with van der Waals surface area (Å²) in [5, 5.41) is 10.0. The van der Waals surface area contributed by atoms with E-state index in [1.807, 2.05) is 45.0 Å². The monoisotopic (exact) mass is 301 g/mol. The molecular formula is C15H18F3NO2. The average molecular weight is 301 g/mol. The fourth-order valence-corrected chi connectivity index (χ4v) is 3.19. The molecule has 3 rings (SSSR count). The normalized spacial score (nSPS) is 38.0. The molecule has 2 saturated heterocycles. The van der Waals surface area contributed by atoms with Crippen LogP contribution >= 0.6 is 0 Å². The van der Waals surface area contributed by atoms with Crippen LogP contribution in [0.3, 0.4) is 0 Å². The Morgan fingerprint density at radius 3 is 2.33 bits per heavy atom. The molecule has 2 aliphatic heterocycles. The number of ether oxygens (including phenoxy) is 1. The van der Waals surface area contributed by atoms with Crippen LogP contribution in [0.1, 0.15) is 31.0 Å². The lowest BCUT2D eigenvalue weighted by molar-refractivity contribution is -0.383. The van der Waals surface area contributed by atoms with E-state index in [9.17, 15) is 18.3 Å². The Hall–Kier alpha value is -1.11. The van der Waals surface area contributed by atoms with Crippen molar-refractivity contribution in [3.8, 4) is 0 Å². The molecule has 6 heteroatoms. The van der Waals surface area contributed by atoms with E-state index in [0.717, 1.165) is 11.1 Å². The number of rotatable bonds is 1. The van der Waals surface area contributed by atoms with Crippen LogP contribution in [-0.2, 0) is 4.74 Å². The molecule has 0 aromatic heterocycles. The molecule has 21 heavy (non-hydrogen) atoms. The quantitative estimate of drug-likeness (QED) is 0.810. The van der Waals surface area contributed by atoms with Gasteiger partial charge < -0.3 is 9.84 Å². The smallest absolute Gasteiger partial charge is 0.357 e. The highest BCUT2D eigenvalue weighted by atomic mass is 19.4. The Kier molecular flexibility index (Phi) is 2.97. The summed E-state index contributed by atoms with van der Waals surface area (Å²) in [6.07, 6.45) is -4.81. The molecule has 1 unspecified atom stereocenters. The van der Waals surface area contributed by atoms with E-state index >= 15 is 0 Å². The summed E-state index contributed by atoms with van der Waals surface area (Å²) < 4.78 is 44.5. The molecule has 1 aromatic rings. The molecule has 0 spiro atoms. The number of morpholine rings is 1. The Bertz CT molecular complexity index is 555. The molecular weight excluding hydrogens is 283 g/mol. The zero-order valence-corrected chi connectivity index (χ0v) is 12.1. The zero-order valence-electron chi connectivity index (χ0n) is 12.1. The topological polar surface area (TPSA) is 32.5 Å². The molecule has 0 saturated carbocycles. The number of aryl methyl sites for hydroxylation is 1. The first-order valence-corrected chi connectivity index (χ1v) is 6.86. The SMILES string of the molecule is Cc1ccc([C@@H]2[C@@H]3N2C(C)(C)CO[C@]3(O)C(F)(F)F)cc1. The van der Waals surface area contributed by atoms with Gasteiger partial charge in [0.05, 0.1) is 18.7 Å². The molecule has 0 bridgehead atoms. The van der Waals surface area contributed by atoms with Crippen LogP contribution in [0, 0.1) is 6.92 Å². The molecule has 0 aliphatic carbocycles. The number of alkyl halides is 3. The number of benzene rings is 1. The third kappa shape index (κ3) is 2.08. The summed E-state index contributed by atoms with van der Waals surface area (Å²) in [5.41, 5.74) is 1.27. The molecule has 2 aliphatic rings. The van der Waals surface area contributed by atoms with Crippen LogP contribution in [0.5, 0.6) is 0 Å². The molecule has 1 N–H and O–H groups in total. The molecule has 3 nitrogen and oxygen atoms in total. The van der Waals surface area contributed by atoms with Crippen molar-refractivity contribution in [3.05, 3.63) is 35.4 Å². The summed E-state index contributed by atoms with van der Waals surface area (Å²) in [6.45, 7) is 5.40. The maximum absolute atomic E-state index is 13.2. The molecule has 1 aromatic carbocycles. The molecule has 0 radical (unpaired) electrons. The molecule has 0 amide bonds. The van der Waals surface area contributed by atoms with Crippen molar-refractivity contribution >= 4 is 0 Å². The summed E-state index contributed by atoms with van der Waals surface area (Å²) in [7, 11) is 0. The minimum Gasteiger partial charge on any atom is -0.357 e. The van der Waals surface area contributed by atoms with Crippen LogP contribution in [0.2, 0.25) is 0 Å². The second kappa shape index (κ2) is 4.21. The van der Waals surface area contributed by atoms with Gasteiger partial charge >= 0.3 is 6.18 Å². The van der Waals surface area contributed by atoms with Gasteiger partial charge in [0.25, 0.3) is 5.79 Å². The highest BCUT2D eigenvalue weighted by Gasteiger charge is 2.76. The second-order valence-corrected chi connectivity index (χ2v) is 6.50. The number of aliphatic hydroxyl groups is 1. The van der Waals surface area contributed by atoms with Crippen LogP contribution in [0.25, 0.3) is 0 Å². The van der Waals surface area contributed by atoms with Crippen molar-refractivity contribution in [1.29, 1.82) is 0 Å². The maximum Gasteiger partial charge on any atom is 0.444 e. The van der Waals surface area contributed by atoms with Gasteiger partial charge in [-0.05, 0) is 26.3 Å². The van der Waals surface area contributed by atoms with E-state index < -0.39 is 29.6 Å². The first kappa shape index (κ1) is 14.8. The average Bonchev–Trinajstić information content (AvgIpc) is 3.11. The maximum atomic E-state index is 13.2. The predicted molar refractivity (Wildman–Crippen MR) is 70.6 cm³/mol. The first-order valence-electron chi connectivity index (χ1n) is 6.86. The standard InChI is InChI=1S/C15H18F3NO2/c1-9-4-6-10(7-5-9)11-12-14(20,15(16,17)18)21-8-13(2,3)19(11)12/h4-7,11-12,20H,8H2,1-3H3/t11-,12+,14+,19?/m1/s1. The van der Waals surface area contributed by atoms with Crippen molar-refractivity contribution in [1.82, 2.24) is 4.90 Å². The van der Waals surface area contributed by atoms with E-state index in [2.05, 4.69) is 0 Å². The lowest BCUT2D eigenvalue weighted by Gasteiger charge is -2.40. The van der Waals surface area contributed by atoms with Crippen molar-refractivity contribution in [3.63, 3.8) is 0 Å². The fourth-order valence-electron chi connectivity index (χ4n) is 3.19. The third-order valence-corrected chi connectivity index (χ3v) is 4.38. The van der Waals surface area contributed by atoms with Gasteiger partial charge in [0.15, 0.2) is 0 Å². The van der Waals surface area contributed by atoms with Crippen molar-refractivity contribution in [2.75, 3.05) is 6.61 Å². The fraction of sp³-hybridized carbons (Fsp3) is 0.600. The molecule has 2 fully saturated rings. The number of nitrogens with zero attached hydrogens (tertiary/aromatic N) is 1. The minimum atomic E-state index is -4.81. The molecule has 4 atom stereocenters. The summed E-state index contributed by atoms with van der Waals surface area (Å²) in [4.78, 5) is 1.69. The Labute approximate surface area is 121 Å². The van der Waals surface area contributed by atoms with E-state index in [4.69, 9.17) is 4.74 Å². The van der Waals surface area contributed by atoms with Gasteiger partial charge in [0.2, 0.25) is 0 Å². The van der Waals surface area contributed by atoms with E-state index in [1.165, 1.54) is 0 Å². The lowest BCUT2D eigenvalue weighted by atomic mass is 10.0. The highest BCUT2D eigenvalue weighted by Crippen LogP contribution is 2.60. The van der Waals surface area contributed by atoms with Crippen LogP contribution < -0.4 is 0 Å². The van der Waals surface area contributed by atoms with Gasteiger partial charge in [0, 0.05) is 5.54 Å². The van der Waals surface area contributed by atoms with E-state index in [1.54, 1.807) is 4.90 Å². The lowest BCUT2D eigenvalue weighted by Crippen LogP contribution is -2.60. The van der Waals surface area contributed by atoms with Gasteiger partial charge in [-0.1, -0.05) is 29.8 Å². The number of fused-ring (bicyclic) bond motifs is 1. The predicted octanol–water partition coefficient (Wildman–Crippen LogP) is 2.78. The van der Waals surface area contributed by atoms with E-state index in [-0.39, 0.29) is 6.61 Å². The van der Waals surface area contributed by atoms with Gasteiger partial charge in [0.1, 0.15) is 0 Å². The Balaban J connectivity index is 1.99. The largest absolute Gasteiger partial charge is 0.444 e. The van der Waals surface area contributed by atoms with Crippen molar-refractivity contribution in [2.24, 2.45) is 0 Å². The van der Waals surface area contributed by atoms with Gasteiger partial charge in [-0.2, -0.15) is 13.2 Å². The molecule has 116 valence electrons. The van der Waals surface area contributed by atoms with Crippen LogP contribution in [-0.4, -0.2) is 40.2 Å². The zero-order chi connectivity index (χ0) is 15.6. The van der Waals surface area contributed by atoms with Gasteiger partial charge in [-0.25, -0.2) is 0 Å². The summed E-state index contributed by atoms with van der Waals surface area (Å²) >= 11 is 0. The van der Waals surface area contributed by atoms with Gasteiger partial charge in [-0.15, -0.1) is 0 Å². The third-order valence-electron chi connectivity index (χ3n) is 4.38. The Morgan fingerprint density at radius 2 is 1.81 bits per heavy atom. The van der Waals surface area contributed by atoms with Crippen LogP contribution in [0.15, 0.2) is 24.3 Å². The highest BCUT2D eigenvalue weighted by molar-refractivity contribution is 5.34. The molecule has 2 heterocycles. The minimum absolute atomic E-state index is 0.165. The van der Waals surface area contributed by atoms with Crippen LogP contribution in [0.4, 0.5) is 13.2 Å². The van der Waals surface area contributed by atoms with Gasteiger partial charge in [-0.3, -0.25) is 4.90 Å². The Morgan fingerprint density at radius 1 is 1.24 bits per heavy atom. The summed E-state index contributed by atoms with van der Waals surface area (Å²) in [6, 6.07) is 5.78. The number of halogens is 3. The van der Waals surface area contributed by atoms with E-state index in [0.29, 0.717) is 0 Å². The summed E-state index contributed by atoms with van der Waals surface area (Å²) in [5.74, 6) is -3.10. The number of hydrogen-bond donors (Lipinski definition) is 1.